The summed E-state index contributed by atoms with van der Waals surface area (Å²) in [6.07, 6.45) is 6.20. The molecule has 5 rings (SSSR count). The molecule has 14 heteroatoms. The van der Waals surface area contributed by atoms with Crippen molar-refractivity contribution < 1.29 is 23.8 Å². The topological polar surface area (TPSA) is 113 Å². The Hall–Kier alpha value is -4.26. The van der Waals surface area contributed by atoms with Gasteiger partial charge in [0.05, 0.1) is 39.2 Å². The third-order valence-electron chi connectivity index (χ3n) is 7.88. The summed E-state index contributed by atoms with van der Waals surface area (Å²) in [4.78, 5) is 43.7. The summed E-state index contributed by atoms with van der Waals surface area (Å²) in [7, 11) is 8.43. The van der Waals surface area contributed by atoms with Crippen molar-refractivity contribution in [2.75, 3.05) is 70.2 Å². The molecule has 46 heavy (non-hydrogen) atoms. The van der Waals surface area contributed by atoms with Crippen LogP contribution in [-0.2, 0) is 11.3 Å². The van der Waals surface area contributed by atoms with Crippen molar-refractivity contribution in [3.63, 3.8) is 0 Å². The smallest absolute Gasteiger partial charge is 0.330 e. The van der Waals surface area contributed by atoms with Crippen molar-refractivity contribution >= 4 is 58.3 Å². The van der Waals surface area contributed by atoms with Crippen molar-refractivity contribution in [1.82, 2.24) is 19.8 Å². The van der Waals surface area contributed by atoms with E-state index in [2.05, 4.69) is 10.3 Å². The van der Waals surface area contributed by atoms with E-state index < -0.39 is 0 Å². The molecule has 3 aromatic rings. The number of nitrogens with zero attached hydrogens (tertiary/aromatic N) is 6. The fourth-order valence-corrected chi connectivity index (χ4v) is 6.24. The molecule has 0 saturated carbocycles. The third kappa shape index (κ3) is 6.79. The number of piperidine rings is 1. The van der Waals surface area contributed by atoms with Crippen LogP contribution in [0.4, 0.5) is 27.9 Å². The highest BCUT2D eigenvalue weighted by atomic mass is 35.5. The normalized spacial score (nSPS) is 15.4. The number of carbonyl (C=O) groups is 2. The predicted octanol–water partition coefficient (Wildman–Crippen LogP) is 5.61. The number of aromatic nitrogens is 2. The van der Waals surface area contributed by atoms with Crippen LogP contribution in [0.25, 0.3) is 0 Å². The predicted molar refractivity (Wildman–Crippen MR) is 179 cm³/mol. The van der Waals surface area contributed by atoms with Gasteiger partial charge in [-0.15, -0.1) is 0 Å². The van der Waals surface area contributed by atoms with Crippen LogP contribution in [0.5, 0.6) is 17.2 Å². The average Bonchev–Trinajstić information content (AvgIpc) is 3.05. The summed E-state index contributed by atoms with van der Waals surface area (Å²) in [5, 5.41) is 3.56. The Balaban J connectivity index is 1.51. The Labute approximate surface area is 278 Å². The molecule has 0 unspecified atom stereocenters. The van der Waals surface area contributed by atoms with Gasteiger partial charge in [0.15, 0.2) is 0 Å². The van der Waals surface area contributed by atoms with E-state index in [1.165, 1.54) is 19.1 Å². The largest absolute Gasteiger partial charge is 0.495 e. The number of rotatable bonds is 10. The maximum Gasteiger partial charge on any atom is 0.330 e. The SMILES string of the molecule is COc1ccccc1Nc1ncc2c(n1)N(C1CCN(C(=O)C=CCN(C)C)CC1)C(=O)N(c1c(Cl)c(OC)cc(OC)c1Cl)C2. The minimum atomic E-state index is -0.371. The van der Waals surface area contributed by atoms with Crippen LogP contribution in [0, 0.1) is 0 Å². The van der Waals surface area contributed by atoms with Gasteiger partial charge in [-0.1, -0.05) is 41.4 Å². The lowest BCUT2D eigenvalue weighted by atomic mass is 10.0. The number of methoxy groups -OCH3 is 3. The Morgan fingerprint density at radius 3 is 2.33 bits per heavy atom. The van der Waals surface area contributed by atoms with Crippen molar-refractivity contribution in [3.8, 4) is 17.2 Å². The van der Waals surface area contributed by atoms with Crippen LogP contribution in [0.2, 0.25) is 10.0 Å². The zero-order valence-electron chi connectivity index (χ0n) is 26.4. The highest BCUT2D eigenvalue weighted by molar-refractivity contribution is 6.42. The number of likely N-dealkylation sites (N-methyl/N-ethyl adjacent to an activating group) is 1. The number of para-hydroxylation sites is 2. The maximum atomic E-state index is 14.5. The molecule has 2 aromatic carbocycles. The standard InChI is InChI=1S/C32H37Cl2N7O5/c1-38(2)14-8-11-26(42)39-15-12-21(13-16-39)41-30-20(18-35-31(37-30)36-22-9-6-7-10-23(22)44-3)19-40(32(41)43)29-27(33)24(45-4)17-25(46-5)28(29)34/h6-11,17-18,21H,12-16,19H2,1-5H3,(H,35,36,37). The highest BCUT2D eigenvalue weighted by Gasteiger charge is 2.41. The van der Waals surface area contributed by atoms with Gasteiger partial charge in [-0.3, -0.25) is 14.6 Å². The molecule has 2 aliphatic heterocycles. The average molecular weight is 671 g/mol. The first-order chi connectivity index (χ1) is 22.2. The molecule has 1 saturated heterocycles. The zero-order valence-corrected chi connectivity index (χ0v) is 27.9. The number of carbonyl (C=O) groups excluding carboxylic acids is 2. The zero-order chi connectivity index (χ0) is 33.0. The third-order valence-corrected chi connectivity index (χ3v) is 8.61. The fraction of sp³-hybridized carbons (Fsp3) is 0.375. The summed E-state index contributed by atoms with van der Waals surface area (Å²) in [6, 6.07) is 8.35. The van der Waals surface area contributed by atoms with Gasteiger partial charge in [0.2, 0.25) is 11.9 Å². The second-order valence-corrected chi connectivity index (χ2v) is 11.8. The van der Waals surface area contributed by atoms with Gasteiger partial charge in [-0.25, -0.2) is 9.78 Å². The lowest BCUT2D eigenvalue weighted by molar-refractivity contribution is -0.127. The van der Waals surface area contributed by atoms with E-state index in [-0.39, 0.29) is 40.3 Å². The van der Waals surface area contributed by atoms with Crippen LogP contribution in [0.3, 0.4) is 0 Å². The van der Waals surface area contributed by atoms with Crippen molar-refractivity contribution in [3.05, 3.63) is 64.3 Å². The van der Waals surface area contributed by atoms with Crippen LogP contribution in [-0.4, -0.2) is 92.8 Å². The molecule has 0 atom stereocenters. The molecule has 0 aliphatic carbocycles. The lowest BCUT2D eigenvalue weighted by Crippen LogP contribution is -2.55. The molecule has 12 nitrogen and oxygen atoms in total. The molecule has 0 bridgehead atoms. The number of ether oxygens (including phenoxy) is 3. The number of likely N-dealkylation sites (tertiary alicyclic amines) is 1. The first-order valence-electron chi connectivity index (χ1n) is 14.7. The van der Waals surface area contributed by atoms with Crippen LogP contribution in [0.1, 0.15) is 18.4 Å². The van der Waals surface area contributed by atoms with Crippen molar-refractivity contribution in [2.24, 2.45) is 0 Å². The number of fused-ring (bicyclic) bond motifs is 1. The molecular formula is C32H37Cl2N7O5. The van der Waals surface area contributed by atoms with Gasteiger partial charge in [-0.2, -0.15) is 4.98 Å². The quantitative estimate of drug-likeness (QED) is 0.275. The lowest BCUT2D eigenvalue weighted by Gasteiger charge is -2.43. The highest BCUT2D eigenvalue weighted by Crippen LogP contribution is 2.48. The van der Waals surface area contributed by atoms with Crippen LogP contribution < -0.4 is 29.3 Å². The summed E-state index contributed by atoms with van der Waals surface area (Å²) in [5.74, 6) is 1.95. The summed E-state index contributed by atoms with van der Waals surface area (Å²) in [6.45, 7) is 1.72. The second kappa shape index (κ2) is 14.4. The van der Waals surface area contributed by atoms with Crippen molar-refractivity contribution in [2.45, 2.75) is 25.4 Å². The van der Waals surface area contributed by atoms with Gasteiger partial charge in [0, 0.05) is 49.6 Å². The van der Waals surface area contributed by atoms with E-state index >= 15 is 0 Å². The second-order valence-electron chi connectivity index (χ2n) is 11.1. The Morgan fingerprint density at radius 1 is 1.04 bits per heavy atom. The number of amides is 3. The molecule has 0 spiro atoms. The van der Waals surface area contributed by atoms with Gasteiger partial charge in [-0.05, 0) is 39.1 Å². The first kappa shape index (κ1) is 33.1. The van der Waals surface area contributed by atoms with Gasteiger partial charge in [0.25, 0.3) is 0 Å². The Morgan fingerprint density at radius 2 is 1.70 bits per heavy atom. The van der Waals surface area contributed by atoms with E-state index in [9.17, 15) is 9.59 Å². The first-order valence-corrected chi connectivity index (χ1v) is 15.5. The molecule has 3 amide bonds. The van der Waals surface area contributed by atoms with E-state index in [4.69, 9.17) is 42.4 Å². The van der Waals surface area contributed by atoms with E-state index in [1.807, 2.05) is 49.3 Å². The van der Waals surface area contributed by atoms with Gasteiger partial charge in [0.1, 0.15) is 33.1 Å². The molecule has 3 heterocycles. The Bertz CT molecular complexity index is 1600. The molecule has 2 aliphatic rings. The van der Waals surface area contributed by atoms with Crippen molar-refractivity contribution in [1.29, 1.82) is 0 Å². The molecule has 1 N–H and O–H groups in total. The van der Waals surface area contributed by atoms with E-state index in [1.54, 1.807) is 35.2 Å². The van der Waals surface area contributed by atoms with Gasteiger partial charge >= 0.3 is 6.03 Å². The molecular weight excluding hydrogens is 633 g/mol. The fourth-order valence-electron chi connectivity index (χ4n) is 5.53. The number of urea groups is 1. The van der Waals surface area contributed by atoms with E-state index in [0.29, 0.717) is 72.7 Å². The number of hydrogen-bond acceptors (Lipinski definition) is 9. The maximum absolute atomic E-state index is 14.5. The minimum absolute atomic E-state index is 0.0556. The van der Waals surface area contributed by atoms with Gasteiger partial charge < -0.3 is 29.3 Å². The number of benzene rings is 2. The number of anilines is 4. The van der Waals surface area contributed by atoms with Crippen LogP contribution in [0.15, 0.2) is 48.7 Å². The number of halogens is 2. The number of hydrogen-bond donors (Lipinski definition) is 1. The number of nitrogens with one attached hydrogen (secondary N) is 1. The van der Waals surface area contributed by atoms with Crippen LogP contribution >= 0.6 is 23.2 Å². The molecule has 244 valence electrons. The summed E-state index contributed by atoms with van der Waals surface area (Å²) in [5.41, 5.74) is 1.62. The summed E-state index contributed by atoms with van der Waals surface area (Å²) >= 11 is 13.6. The molecule has 0 radical (unpaired) electrons. The van der Waals surface area contributed by atoms with E-state index in [0.717, 1.165) is 0 Å². The Kier molecular flexibility index (Phi) is 10.4. The summed E-state index contributed by atoms with van der Waals surface area (Å²) < 4.78 is 16.4. The molecule has 1 fully saturated rings. The molecule has 1 aromatic heterocycles. The minimum Gasteiger partial charge on any atom is -0.495 e. The monoisotopic (exact) mass is 669 g/mol.